The van der Waals surface area contributed by atoms with Gasteiger partial charge in [0.2, 0.25) is 0 Å². The third kappa shape index (κ3) is 6.75. The van der Waals surface area contributed by atoms with Gasteiger partial charge in [0, 0.05) is 18.8 Å². The average Bonchev–Trinajstić information content (AvgIpc) is 2.66. The Bertz CT molecular complexity index is 970. The maximum Gasteiger partial charge on any atom is 0.411 e. The number of benzene rings is 3. The number of aryl methyl sites for hydroxylation is 4. The Kier molecular flexibility index (Phi) is 7.26. The average molecular weight is 403 g/mol. The van der Waals surface area contributed by atoms with Crippen LogP contribution >= 0.6 is 0 Å². The molecule has 0 unspecified atom stereocenters. The largest absolute Gasteiger partial charge is 0.444 e. The highest BCUT2D eigenvalue weighted by atomic mass is 16.5. The number of carbonyl (C=O) groups is 1. The first-order valence-corrected chi connectivity index (χ1v) is 10.3. The van der Waals surface area contributed by atoms with Crippen molar-refractivity contribution < 1.29 is 9.53 Å². The van der Waals surface area contributed by atoms with Crippen LogP contribution in [-0.4, -0.2) is 6.09 Å². The van der Waals surface area contributed by atoms with Crippen LogP contribution in [0.4, 0.5) is 10.5 Å². The highest BCUT2D eigenvalue weighted by Gasteiger charge is 2.05. The van der Waals surface area contributed by atoms with Crippen molar-refractivity contribution in [2.45, 2.75) is 47.4 Å². The molecule has 30 heavy (non-hydrogen) atoms. The van der Waals surface area contributed by atoms with Crippen molar-refractivity contribution in [3.63, 3.8) is 0 Å². The molecule has 1 amide bonds. The first-order chi connectivity index (χ1) is 14.4. The topological polar surface area (TPSA) is 50.4 Å². The molecule has 156 valence electrons. The van der Waals surface area contributed by atoms with E-state index in [-0.39, 0.29) is 6.61 Å². The van der Waals surface area contributed by atoms with E-state index in [1.807, 2.05) is 38.1 Å². The number of hydrogen-bond acceptors (Lipinski definition) is 3. The van der Waals surface area contributed by atoms with Gasteiger partial charge < -0.3 is 10.1 Å². The molecule has 0 bridgehead atoms. The number of hydrogen-bond donors (Lipinski definition) is 2. The molecule has 0 radical (unpaired) electrons. The molecule has 0 atom stereocenters. The predicted molar refractivity (Wildman–Crippen MR) is 123 cm³/mol. The first kappa shape index (κ1) is 21.6. The van der Waals surface area contributed by atoms with E-state index in [4.69, 9.17) is 4.74 Å². The zero-order valence-electron chi connectivity index (χ0n) is 18.2. The van der Waals surface area contributed by atoms with Crippen molar-refractivity contribution in [3.8, 4) is 0 Å². The van der Waals surface area contributed by atoms with Crippen molar-refractivity contribution in [1.29, 1.82) is 0 Å². The van der Waals surface area contributed by atoms with Crippen LogP contribution in [0.25, 0.3) is 0 Å². The van der Waals surface area contributed by atoms with Crippen LogP contribution in [0.2, 0.25) is 0 Å². The highest BCUT2D eigenvalue weighted by Crippen LogP contribution is 2.14. The van der Waals surface area contributed by atoms with Crippen LogP contribution in [0.3, 0.4) is 0 Å². The fourth-order valence-corrected chi connectivity index (χ4v) is 3.63. The summed E-state index contributed by atoms with van der Waals surface area (Å²) in [6.07, 6.45) is -0.445. The normalized spacial score (nSPS) is 10.7. The Morgan fingerprint density at radius 3 is 1.80 bits per heavy atom. The van der Waals surface area contributed by atoms with Gasteiger partial charge in [-0.3, -0.25) is 5.32 Å². The van der Waals surface area contributed by atoms with Gasteiger partial charge in [-0.25, -0.2) is 4.79 Å². The third-order valence-corrected chi connectivity index (χ3v) is 4.80. The number of carbonyl (C=O) groups excluding carboxylic acids is 1. The zero-order valence-corrected chi connectivity index (χ0v) is 18.2. The lowest BCUT2D eigenvalue weighted by Crippen LogP contribution is -2.14. The molecule has 3 rings (SSSR count). The summed E-state index contributed by atoms with van der Waals surface area (Å²) in [4.78, 5) is 12.1. The van der Waals surface area contributed by atoms with Gasteiger partial charge in [-0.2, -0.15) is 0 Å². The monoisotopic (exact) mass is 402 g/mol. The number of ether oxygens (including phenoxy) is 1. The van der Waals surface area contributed by atoms with Crippen molar-refractivity contribution >= 4 is 11.8 Å². The van der Waals surface area contributed by atoms with E-state index in [2.05, 4.69) is 60.9 Å². The van der Waals surface area contributed by atoms with Gasteiger partial charge in [-0.1, -0.05) is 59.7 Å². The Labute approximate surface area is 179 Å². The summed E-state index contributed by atoms with van der Waals surface area (Å²) >= 11 is 0. The second-order valence-corrected chi connectivity index (χ2v) is 7.99. The summed E-state index contributed by atoms with van der Waals surface area (Å²) < 4.78 is 5.35. The molecule has 0 aromatic heterocycles. The number of anilines is 1. The summed E-state index contributed by atoms with van der Waals surface area (Å²) in [5.41, 5.74) is 9.00. The van der Waals surface area contributed by atoms with E-state index in [1.165, 1.54) is 22.3 Å². The van der Waals surface area contributed by atoms with E-state index in [0.29, 0.717) is 0 Å². The van der Waals surface area contributed by atoms with Crippen LogP contribution in [0.1, 0.15) is 38.9 Å². The molecule has 0 saturated carbocycles. The fourth-order valence-electron chi connectivity index (χ4n) is 3.63. The first-order valence-electron chi connectivity index (χ1n) is 10.3. The van der Waals surface area contributed by atoms with E-state index in [0.717, 1.165) is 35.5 Å². The van der Waals surface area contributed by atoms with E-state index in [1.54, 1.807) is 0 Å². The minimum atomic E-state index is -0.445. The summed E-state index contributed by atoms with van der Waals surface area (Å²) in [6, 6.07) is 20.6. The maximum absolute atomic E-state index is 12.1. The smallest absolute Gasteiger partial charge is 0.411 e. The lowest BCUT2D eigenvalue weighted by Gasteiger charge is -2.10. The van der Waals surface area contributed by atoms with Gasteiger partial charge in [0.15, 0.2) is 0 Å². The van der Waals surface area contributed by atoms with Gasteiger partial charge in [0.05, 0.1) is 0 Å². The molecular formula is C26H30N2O2. The van der Waals surface area contributed by atoms with Gasteiger partial charge in [-0.15, -0.1) is 0 Å². The van der Waals surface area contributed by atoms with Crippen LogP contribution in [0.15, 0.2) is 60.7 Å². The molecule has 0 fully saturated rings. The molecule has 0 heterocycles. The lowest BCUT2D eigenvalue weighted by molar-refractivity contribution is 0.155. The van der Waals surface area contributed by atoms with Crippen LogP contribution in [0.5, 0.6) is 0 Å². The zero-order chi connectivity index (χ0) is 21.5. The lowest BCUT2D eigenvalue weighted by atomic mass is 10.1. The van der Waals surface area contributed by atoms with Gasteiger partial charge in [0.25, 0.3) is 0 Å². The molecule has 0 aliphatic rings. The molecule has 0 spiro atoms. The molecule has 0 aliphatic heterocycles. The molecule has 2 N–H and O–H groups in total. The Morgan fingerprint density at radius 2 is 1.20 bits per heavy atom. The van der Waals surface area contributed by atoms with Crippen molar-refractivity contribution in [3.05, 3.63) is 99.6 Å². The molecule has 4 heteroatoms. The molecule has 0 aliphatic carbocycles. The van der Waals surface area contributed by atoms with Crippen molar-refractivity contribution in [1.82, 2.24) is 5.32 Å². The van der Waals surface area contributed by atoms with Crippen molar-refractivity contribution in [2.75, 3.05) is 5.32 Å². The minimum Gasteiger partial charge on any atom is -0.444 e. The Hall–Kier alpha value is -3.11. The summed E-state index contributed by atoms with van der Waals surface area (Å²) in [7, 11) is 0. The maximum atomic E-state index is 12.1. The number of amides is 1. The minimum absolute atomic E-state index is 0.243. The molecule has 3 aromatic rings. The van der Waals surface area contributed by atoms with Crippen LogP contribution < -0.4 is 10.6 Å². The van der Waals surface area contributed by atoms with E-state index in [9.17, 15) is 4.79 Å². The molecular weight excluding hydrogens is 372 g/mol. The van der Waals surface area contributed by atoms with Crippen LogP contribution in [0, 0.1) is 27.7 Å². The van der Waals surface area contributed by atoms with Crippen molar-refractivity contribution in [2.24, 2.45) is 0 Å². The summed E-state index contributed by atoms with van der Waals surface area (Å²) in [6.45, 7) is 10.1. The van der Waals surface area contributed by atoms with Gasteiger partial charge in [-0.05, 0) is 67.6 Å². The van der Waals surface area contributed by atoms with Gasteiger partial charge >= 0.3 is 6.09 Å². The van der Waals surface area contributed by atoms with Gasteiger partial charge in [0.1, 0.15) is 6.61 Å². The van der Waals surface area contributed by atoms with E-state index < -0.39 is 6.09 Å². The second-order valence-electron chi connectivity index (χ2n) is 7.99. The summed E-state index contributed by atoms with van der Waals surface area (Å²) in [5.74, 6) is 0. The standard InChI is InChI=1S/C26H30N2O2/c1-18-9-19(2)12-24(11-18)16-27-15-22-5-7-23(8-6-22)17-30-26(29)28-25-13-20(3)10-21(4)14-25/h5-14,27H,15-17H2,1-4H3,(H,28,29). The Balaban J connectivity index is 1.44. The predicted octanol–water partition coefficient (Wildman–Crippen LogP) is 5.96. The quantitative estimate of drug-likeness (QED) is 0.513. The molecule has 3 aromatic carbocycles. The number of nitrogens with one attached hydrogen (secondary N) is 2. The van der Waals surface area contributed by atoms with Crippen LogP contribution in [-0.2, 0) is 24.4 Å². The third-order valence-electron chi connectivity index (χ3n) is 4.80. The molecule has 4 nitrogen and oxygen atoms in total. The molecule has 0 saturated heterocycles. The summed E-state index contributed by atoms with van der Waals surface area (Å²) in [5, 5.41) is 6.27. The number of rotatable bonds is 7. The Morgan fingerprint density at radius 1 is 0.700 bits per heavy atom. The SMILES string of the molecule is Cc1cc(C)cc(CNCc2ccc(COC(=O)Nc3cc(C)cc(C)c3)cc2)c1. The highest BCUT2D eigenvalue weighted by molar-refractivity contribution is 5.84. The van der Waals surface area contributed by atoms with E-state index >= 15 is 0 Å². The second kappa shape index (κ2) is 10.1. The fraction of sp³-hybridized carbons (Fsp3) is 0.269.